The Hall–Kier alpha value is -2.64. The molecule has 28 heavy (non-hydrogen) atoms. The predicted octanol–water partition coefficient (Wildman–Crippen LogP) is 3.46. The fraction of sp³-hybridized carbons (Fsp3) is 0.286. The van der Waals surface area contributed by atoms with E-state index in [1.165, 1.54) is 0 Å². The molecule has 2 aliphatic rings. The van der Waals surface area contributed by atoms with Crippen molar-refractivity contribution >= 4 is 26.6 Å². The molecule has 1 aromatic heterocycles. The summed E-state index contributed by atoms with van der Waals surface area (Å²) in [6.45, 7) is 3.89. The van der Waals surface area contributed by atoms with Crippen LogP contribution in [0, 0.1) is 6.92 Å². The molecule has 0 spiro atoms. The van der Waals surface area contributed by atoms with Gasteiger partial charge in [0.05, 0.1) is 16.1 Å². The molecule has 2 N–H and O–H groups in total. The summed E-state index contributed by atoms with van der Waals surface area (Å²) < 4.78 is 34.6. The highest BCUT2D eigenvalue weighted by molar-refractivity contribution is 7.93. The van der Waals surface area contributed by atoms with Crippen molar-refractivity contribution in [2.45, 2.75) is 30.8 Å². The number of aromatic nitrogens is 1. The van der Waals surface area contributed by atoms with Gasteiger partial charge in [0.15, 0.2) is 0 Å². The van der Waals surface area contributed by atoms with Gasteiger partial charge in [-0.3, -0.25) is 9.71 Å². The molecule has 2 aliphatic heterocycles. The molecule has 0 atom stereocenters. The molecule has 0 unspecified atom stereocenters. The van der Waals surface area contributed by atoms with Gasteiger partial charge in [-0.25, -0.2) is 8.42 Å². The molecule has 1 fully saturated rings. The first-order valence-corrected chi connectivity index (χ1v) is 10.9. The Morgan fingerprint density at radius 3 is 2.75 bits per heavy atom. The van der Waals surface area contributed by atoms with Crippen LogP contribution in [0.2, 0.25) is 0 Å². The zero-order valence-electron chi connectivity index (χ0n) is 15.5. The number of hydrogen-bond donors (Lipinski definition) is 2. The summed E-state index contributed by atoms with van der Waals surface area (Å²) in [5, 5.41) is 4.26. The first kappa shape index (κ1) is 17.5. The number of piperidine rings is 1. The number of aryl methyl sites for hydroxylation is 1. The molecule has 0 amide bonds. The molecule has 0 aliphatic carbocycles. The molecule has 1 saturated heterocycles. The second kappa shape index (κ2) is 6.46. The maximum Gasteiger partial charge on any atom is 0.262 e. The van der Waals surface area contributed by atoms with Gasteiger partial charge in [-0.05, 0) is 68.8 Å². The Bertz CT molecular complexity index is 1180. The van der Waals surface area contributed by atoms with Gasteiger partial charge >= 0.3 is 0 Å². The normalized spacial score (nSPS) is 18.2. The summed E-state index contributed by atoms with van der Waals surface area (Å²) >= 11 is 0. The number of sulfonamides is 1. The van der Waals surface area contributed by atoms with Gasteiger partial charge in [-0.1, -0.05) is 6.07 Å². The summed E-state index contributed by atoms with van der Waals surface area (Å²) in [7, 11) is -3.67. The van der Waals surface area contributed by atoms with Crippen LogP contribution >= 0.6 is 0 Å². The SMILES string of the molecule is Cc1cc2c(c3ncccc13)NS(=O)(=O)c1ccc(OC3CCNCC3)cc1-2. The van der Waals surface area contributed by atoms with E-state index < -0.39 is 10.0 Å². The molecular weight excluding hydrogens is 374 g/mol. The fourth-order valence-electron chi connectivity index (χ4n) is 4.05. The molecule has 144 valence electrons. The fourth-order valence-corrected chi connectivity index (χ4v) is 5.35. The van der Waals surface area contributed by atoms with Crippen LogP contribution in [0.25, 0.3) is 22.0 Å². The maximum absolute atomic E-state index is 12.9. The molecular formula is C21H21N3O3S. The number of anilines is 1. The van der Waals surface area contributed by atoms with Crippen LogP contribution in [0.1, 0.15) is 18.4 Å². The van der Waals surface area contributed by atoms with Gasteiger partial charge in [-0.15, -0.1) is 0 Å². The lowest BCUT2D eigenvalue weighted by atomic mass is 9.97. The van der Waals surface area contributed by atoms with E-state index in [0.29, 0.717) is 22.5 Å². The molecule has 0 bridgehead atoms. The maximum atomic E-state index is 12.9. The number of fused-ring (bicyclic) bond motifs is 5. The van der Waals surface area contributed by atoms with Crippen LogP contribution in [0.3, 0.4) is 0 Å². The second-order valence-corrected chi connectivity index (χ2v) is 9.00. The average molecular weight is 395 g/mol. The molecule has 0 saturated carbocycles. The van der Waals surface area contributed by atoms with Crippen LogP contribution in [0.5, 0.6) is 5.75 Å². The number of nitrogens with zero attached hydrogens (tertiary/aromatic N) is 1. The summed E-state index contributed by atoms with van der Waals surface area (Å²) in [4.78, 5) is 4.72. The molecule has 6 nitrogen and oxygen atoms in total. The average Bonchev–Trinajstić information content (AvgIpc) is 2.70. The summed E-state index contributed by atoms with van der Waals surface area (Å²) in [6, 6.07) is 11.1. The lowest BCUT2D eigenvalue weighted by molar-refractivity contribution is 0.162. The van der Waals surface area contributed by atoms with Gasteiger partial charge < -0.3 is 10.1 Å². The van der Waals surface area contributed by atoms with Crippen molar-refractivity contribution in [3.05, 3.63) is 48.2 Å². The van der Waals surface area contributed by atoms with E-state index in [0.717, 1.165) is 42.4 Å². The minimum Gasteiger partial charge on any atom is -0.490 e. The lowest BCUT2D eigenvalue weighted by Crippen LogP contribution is -2.34. The molecule has 3 heterocycles. The number of hydrogen-bond acceptors (Lipinski definition) is 5. The molecule has 3 aromatic rings. The Morgan fingerprint density at radius 2 is 1.93 bits per heavy atom. The Balaban J connectivity index is 1.68. The molecule has 0 radical (unpaired) electrons. The zero-order chi connectivity index (χ0) is 19.3. The van der Waals surface area contributed by atoms with E-state index in [1.807, 2.05) is 31.2 Å². The number of rotatable bonds is 2. The number of ether oxygens (including phenoxy) is 1. The molecule has 2 aromatic carbocycles. The van der Waals surface area contributed by atoms with Gasteiger partial charge in [0.25, 0.3) is 10.0 Å². The smallest absolute Gasteiger partial charge is 0.262 e. The number of benzene rings is 2. The van der Waals surface area contributed by atoms with Gasteiger partial charge in [0, 0.05) is 22.7 Å². The first-order chi connectivity index (χ1) is 13.5. The summed E-state index contributed by atoms with van der Waals surface area (Å²) in [5.74, 6) is 0.701. The van der Waals surface area contributed by atoms with E-state index in [-0.39, 0.29) is 11.0 Å². The van der Waals surface area contributed by atoms with E-state index in [4.69, 9.17) is 4.74 Å². The second-order valence-electron chi connectivity index (χ2n) is 7.35. The monoisotopic (exact) mass is 395 g/mol. The van der Waals surface area contributed by atoms with Gasteiger partial charge in [0.1, 0.15) is 11.9 Å². The minimum atomic E-state index is -3.67. The summed E-state index contributed by atoms with van der Waals surface area (Å²) in [6.07, 6.45) is 3.72. The highest BCUT2D eigenvalue weighted by atomic mass is 32.2. The molecule has 7 heteroatoms. The van der Waals surface area contributed by atoms with E-state index in [9.17, 15) is 8.42 Å². The van der Waals surface area contributed by atoms with Crippen molar-refractivity contribution in [2.24, 2.45) is 0 Å². The van der Waals surface area contributed by atoms with Crippen molar-refractivity contribution in [3.8, 4) is 16.9 Å². The van der Waals surface area contributed by atoms with E-state index in [2.05, 4.69) is 15.0 Å². The van der Waals surface area contributed by atoms with Crippen LogP contribution in [-0.2, 0) is 10.0 Å². The Morgan fingerprint density at radius 1 is 1.11 bits per heavy atom. The quantitative estimate of drug-likeness (QED) is 0.695. The third-order valence-electron chi connectivity index (χ3n) is 5.46. The lowest BCUT2D eigenvalue weighted by Gasteiger charge is -2.26. The van der Waals surface area contributed by atoms with Crippen molar-refractivity contribution in [1.82, 2.24) is 10.3 Å². The largest absolute Gasteiger partial charge is 0.490 e. The topological polar surface area (TPSA) is 80.3 Å². The third kappa shape index (κ3) is 2.82. The Labute approximate surface area is 164 Å². The van der Waals surface area contributed by atoms with Crippen molar-refractivity contribution in [1.29, 1.82) is 0 Å². The highest BCUT2D eigenvalue weighted by Gasteiger charge is 2.30. The number of nitrogens with one attached hydrogen (secondary N) is 2. The van der Waals surface area contributed by atoms with Crippen LogP contribution in [0.4, 0.5) is 5.69 Å². The van der Waals surface area contributed by atoms with E-state index >= 15 is 0 Å². The van der Waals surface area contributed by atoms with Crippen LogP contribution in [0.15, 0.2) is 47.5 Å². The summed E-state index contributed by atoms with van der Waals surface area (Å²) in [5.41, 5.74) is 3.75. The van der Waals surface area contributed by atoms with Gasteiger partial charge in [-0.2, -0.15) is 0 Å². The standard InChI is InChI=1S/C21H21N3O3S/c1-13-11-18-17-12-15(27-14-6-9-22-10-7-14)4-5-19(17)28(25,26)24-21(18)20-16(13)3-2-8-23-20/h2-5,8,11-12,14,22,24H,6-7,9-10H2,1H3. The van der Waals surface area contributed by atoms with Gasteiger partial charge in [0.2, 0.25) is 0 Å². The van der Waals surface area contributed by atoms with Crippen LogP contribution in [-0.4, -0.2) is 32.6 Å². The number of pyridine rings is 1. The third-order valence-corrected chi connectivity index (χ3v) is 6.86. The Kier molecular flexibility index (Phi) is 4.03. The van der Waals surface area contributed by atoms with Crippen molar-refractivity contribution in [2.75, 3.05) is 17.8 Å². The predicted molar refractivity (Wildman–Crippen MR) is 109 cm³/mol. The first-order valence-electron chi connectivity index (χ1n) is 9.46. The van der Waals surface area contributed by atoms with Crippen LogP contribution < -0.4 is 14.8 Å². The van der Waals surface area contributed by atoms with Crippen molar-refractivity contribution < 1.29 is 13.2 Å². The van der Waals surface area contributed by atoms with Crippen molar-refractivity contribution in [3.63, 3.8) is 0 Å². The van der Waals surface area contributed by atoms with E-state index in [1.54, 1.807) is 18.3 Å². The minimum absolute atomic E-state index is 0.150. The zero-order valence-corrected chi connectivity index (χ0v) is 16.3. The molecule has 5 rings (SSSR count). The highest BCUT2D eigenvalue weighted by Crippen LogP contribution is 2.44.